The van der Waals surface area contributed by atoms with Crippen LogP contribution in [-0.2, 0) is 11.2 Å². The van der Waals surface area contributed by atoms with Gasteiger partial charge in [-0.05, 0) is 49.6 Å². The smallest absolute Gasteiger partial charge is 0.227 e. The maximum atomic E-state index is 12.5. The first-order valence-electron chi connectivity index (χ1n) is 8.94. The lowest BCUT2D eigenvalue weighted by molar-refractivity contribution is -0.132. The molecule has 1 saturated heterocycles. The second-order valence-electron chi connectivity index (χ2n) is 6.95. The SMILES string of the molecule is Cc1ccc(C)c(OC2CCN(C(=O)Cc3ccc(C)nc3)CC2)c1. The highest BCUT2D eigenvalue weighted by Gasteiger charge is 2.24. The van der Waals surface area contributed by atoms with Crippen molar-refractivity contribution in [2.24, 2.45) is 0 Å². The Labute approximate surface area is 149 Å². The van der Waals surface area contributed by atoms with Crippen molar-refractivity contribution in [1.29, 1.82) is 0 Å². The number of carbonyl (C=O) groups is 1. The fourth-order valence-corrected chi connectivity index (χ4v) is 3.13. The van der Waals surface area contributed by atoms with Crippen molar-refractivity contribution >= 4 is 5.91 Å². The molecule has 0 radical (unpaired) electrons. The fraction of sp³-hybridized carbons (Fsp3) is 0.429. The minimum atomic E-state index is 0.177. The molecule has 2 heterocycles. The lowest BCUT2D eigenvalue weighted by Gasteiger charge is -2.32. The highest BCUT2D eigenvalue weighted by atomic mass is 16.5. The molecule has 1 fully saturated rings. The van der Waals surface area contributed by atoms with Gasteiger partial charge in [0, 0.05) is 37.8 Å². The number of likely N-dealkylation sites (tertiary alicyclic amines) is 1. The van der Waals surface area contributed by atoms with Crippen LogP contribution >= 0.6 is 0 Å². The second kappa shape index (κ2) is 7.68. The van der Waals surface area contributed by atoms with Gasteiger partial charge in [0.15, 0.2) is 0 Å². The van der Waals surface area contributed by atoms with Gasteiger partial charge in [-0.1, -0.05) is 18.2 Å². The van der Waals surface area contributed by atoms with Gasteiger partial charge in [0.05, 0.1) is 6.42 Å². The number of pyridine rings is 1. The topological polar surface area (TPSA) is 42.4 Å². The summed E-state index contributed by atoms with van der Waals surface area (Å²) in [5.41, 5.74) is 4.32. The first kappa shape index (κ1) is 17.5. The molecule has 1 aromatic heterocycles. The van der Waals surface area contributed by atoms with Crippen molar-refractivity contribution in [3.8, 4) is 5.75 Å². The number of hydrogen-bond donors (Lipinski definition) is 0. The molecule has 0 spiro atoms. The van der Waals surface area contributed by atoms with Gasteiger partial charge in [-0.2, -0.15) is 0 Å². The van der Waals surface area contributed by atoms with E-state index in [0.717, 1.165) is 48.5 Å². The molecule has 0 saturated carbocycles. The molecule has 0 aliphatic carbocycles. The van der Waals surface area contributed by atoms with E-state index in [4.69, 9.17) is 4.74 Å². The zero-order chi connectivity index (χ0) is 17.8. The maximum Gasteiger partial charge on any atom is 0.227 e. The van der Waals surface area contributed by atoms with Crippen LogP contribution in [0.5, 0.6) is 5.75 Å². The Balaban J connectivity index is 1.52. The van der Waals surface area contributed by atoms with Crippen molar-refractivity contribution in [2.75, 3.05) is 13.1 Å². The van der Waals surface area contributed by atoms with Gasteiger partial charge in [0.1, 0.15) is 11.9 Å². The van der Waals surface area contributed by atoms with Gasteiger partial charge in [-0.25, -0.2) is 0 Å². The molecule has 3 rings (SSSR count). The molecule has 1 aliphatic heterocycles. The van der Waals surface area contributed by atoms with E-state index in [9.17, 15) is 4.79 Å². The van der Waals surface area contributed by atoms with E-state index in [2.05, 4.69) is 37.0 Å². The summed E-state index contributed by atoms with van der Waals surface area (Å²) in [4.78, 5) is 18.7. The zero-order valence-electron chi connectivity index (χ0n) is 15.3. The van der Waals surface area contributed by atoms with Gasteiger partial charge in [-0.3, -0.25) is 9.78 Å². The van der Waals surface area contributed by atoms with Crippen LogP contribution in [0.1, 0.15) is 35.2 Å². The summed E-state index contributed by atoms with van der Waals surface area (Å²) in [6, 6.07) is 10.2. The molecule has 0 atom stereocenters. The highest BCUT2D eigenvalue weighted by Crippen LogP contribution is 2.24. The average Bonchev–Trinajstić information content (AvgIpc) is 2.61. The molecular formula is C21H26N2O2. The van der Waals surface area contributed by atoms with E-state index >= 15 is 0 Å². The molecule has 132 valence electrons. The van der Waals surface area contributed by atoms with E-state index in [1.54, 1.807) is 6.20 Å². The monoisotopic (exact) mass is 338 g/mol. The van der Waals surface area contributed by atoms with Gasteiger partial charge in [-0.15, -0.1) is 0 Å². The van der Waals surface area contributed by atoms with Gasteiger partial charge >= 0.3 is 0 Å². The van der Waals surface area contributed by atoms with Crippen LogP contribution in [0.15, 0.2) is 36.5 Å². The number of amides is 1. The standard InChI is InChI=1S/C21H26N2O2/c1-15-4-5-16(2)20(12-15)25-19-8-10-23(11-9-19)21(24)13-18-7-6-17(3)22-14-18/h4-7,12,14,19H,8-11,13H2,1-3H3. The van der Waals surface area contributed by atoms with Crippen molar-refractivity contribution in [1.82, 2.24) is 9.88 Å². The Kier molecular flexibility index (Phi) is 5.37. The number of ether oxygens (including phenoxy) is 1. The van der Waals surface area contributed by atoms with Gasteiger partial charge in [0.25, 0.3) is 0 Å². The summed E-state index contributed by atoms with van der Waals surface area (Å²) < 4.78 is 6.18. The van der Waals surface area contributed by atoms with Crippen molar-refractivity contribution in [2.45, 2.75) is 46.1 Å². The predicted molar refractivity (Wildman–Crippen MR) is 98.8 cm³/mol. The third-order valence-electron chi connectivity index (χ3n) is 4.76. The molecule has 25 heavy (non-hydrogen) atoms. The quantitative estimate of drug-likeness (QED) is 0.855. The number of hydrogen-bond acceptors (Lipinski definition) is 3. The van der Waals surface area contributed by atoms with Crippen LogP contribution in [0.3, 0.4) is 0 Å². The van der Waals surface area contributed by atoms with Crippen LogP contribution in [0.25, 0.3) is 0 Å². The number of benzene rings is 1. The summed E-state index contributed by atoms with van der Waals surface area (Å²) in [5.74, 6) is 1.14. The summed E-state index contributed by atoms with van der Waals surface area (Å²) >= 11 is 0. The Morgan fingerprint density at radius 1 is 1.16 bits per heavy atom. The third kappa shape index (κ3) is 4.59. The Morgan fingerprint density at radius 3 is 2.60 bits per heavy atom. The molecule has 4 nitrogen and oxygen atoms in total. The fourth-order valence-electron chi connectivity index (χ4n) is 3.13. The minimum absolute atomic E-state index is 0.177. The second-order valence-corrected chi connectivity index (χ2v) is 6.95. The van der Waals surface area contributed by atoms with E-state index in [-0.39, 0.29) is 12.0 Å². The van der Waals surface area contributed by atoms with Crippen LogP contribution < -0.4 is 4.74 Å². The number of aromatic nitrogens is 1. The summed E-state index contributed by atoms with van der Waals surface area (Å²) in [6.07, 6.45) is 4.17. The molecule has 4 heteroatoms. The van der Waals surface area contributed by atoms with Crippen molar-refractivity contribution in [3.63, 3.8) is 0 Å². The van der Waals surface area contributed by atoms with E-state index in [1.165, 1.54) is 5.56 Å². The molecule has 0 N–H and O–H groups in total. The van der Waals surface area contributed by atoms with E-state index < -0.39 is 0 Å². The zero-order valence-corrected chi connectivity index (χ0v) is 15.3. The summed E-state index contributed by atoms with van der Waals surface area (Å²) in [7, 11) is 0. The Bertz CT molecular complexity index is 732. The first-order valence-corrected chi connectivity index (χ1v) is 8.94. The Hall–Kier alpha value is -2.36. The number of aryl methyl sites for hydroxylation is 3. The number of nitrogens with zero attached hydrogens (tertiary/aromatic N) is 2. The van der Waals surface area contributed by atoms with Gasteiger partial charge in [0.2, 0.25) is 5.91 Å². The first-order chi connectivity index (χ1) is 12.0. The molecule has 1 aliphatic rings. The van der Waals surface area contributed by atoms with Crippen LogP contribution in [0, 0.1) is 20.8 Å². The van der Waals surface area contributed by atoms with E-state index in [0.29, 0.717) is 6.42 Å². The lowest BCUT2D eigenvalue weighted by atomic mass is 10.1. The largest absolute Gasteiger partial charge is 0.490 e. The summed E-state index contributed by atoms with van der Waals surface area (Å²) in [5, 5.41) is 0. The molecule has 0 bridgehead atoms. The molecular weight excluding hydrogens is 312 g/mol. The minimum Gasteiger partial charge on any atom is -0.490 e. The average molecular weight is 338 g/mol. The number of rotatable bonds is 4. The van der Waals surface area contributed by atoms with Crippen LogP contribution in [0.4, 0.5) is 0 Å². The van der Waals surface area contributed by atoms with Crippen LogP contribution in [-0.4, -0.2) is 35.0 Å². The maximum absolute atomic E-state index is 12.5. The Morgan fingerprint density at radius 2 is 1.92 bits per heavy atom. The normalized spacial score (nSPS) is 15.2. The summed E-state index contributed by atoms with van der Waals surface area (Å²) in [6.45, 7) is 7.62. The van der Waals surface area contributed by atoms with E-state index in [1.807, 2.05) is 24.0 Å². The lowest BCUT2D eigenvalue weighted by Crippen LogP contribution is -2.42. The molecule has 2 aromatic rings. The van der Waals surface area contributed by atoms with Crippen molar-refractivity contribution < 1.29 is 9.53 Å². The molecule has 0 unspecified atom stereocenters. The third-order valence-corrected chi connectivity index (χ3v) is 4.76. The van der Waals surface area contributed by atoms with Crippen LogP contribution in [0.2, 0.25) is 0 Å². The predicted octanol–water partition coefficient (Wildman–Crippen LogP) is 3.62. The molecule has 1 aromatic carbocycles. The van der Waals surface area contributed by atoms with Crippen molar-refractivity contribution in [3.05, 3.63) is 58.9 Å². The highest BCUT2D eigenvalue weighted by molar-refractivity contribution is 5.78. The number of carbonyl (C=O) groups excluding carboxylic acids is 1. The van der Waals surface area contributed by atoms with Gasteiger partial charge < -0.3 is 9.64 Å². The number of piperidine rings is 1. The molecule has 1 amide bonds.